The van der Waals surface area contributed by atoms with Crippen molar-refractivity contribution < 1.29 is 38.6 Å². The number of carboxylic acids is 1. The van der Waals surface area contributed by atoms with E-state index in [0.717, 1.165) is 5.56 Å². The highest BCUT2D eigenvalue weighted by Gasteiger charge is 2.27. The van der Waals surface area contributed by atoms with Gasteiger partial charge in [-0.15, -0.1) is 0 Å². The van der Waals surface area contributed by atoms with Gasteiger partial charge < -0.3 is 36.8 Å². The summed E-state index contributed by atoms with van der Waals surface area (Å²) in [5, 5.41) is 19.3. The summed E-state index contributed by atoms with van der Waals surface area (Å²) in [7, 11) is 0. The predicted molar refractivity (Wildman–Crippen MR) is 157 cm³/mol. The number of esters is 1. The van der Waals surface area contributed by atoms with Crippen LogP contribution in [0.3, 0.4) is 0 Å². The number of nitrogens with one attached hydrogen (secondary N) is 4. The van der Waals surface area contributed by atoms with Gasteiger partial charge in [-0.2, -0.15) is 0 Å². The molecule has 2 aromatic carbocycles. The Balaban J connectivity index is 1.87. The quantitative estimate of drug-likeness (QED) is 0.114. The Morgan fingerprint density at radius 1 is 0.767 bits per heavy atom. The van der Waals surface area contributed by atoms with Gasteiger partial charge in [0.2, 0.25) is 23.6 Å². The molecule has 13 heteroatoms. The van der Waals surface area contributed by atoms with Crippen molar-refractivity contribution in [3.63, 3.8) is 0 Å². The fourth-order valence-electron chi connectivity index (χ4n) is 4.02. The second kappa shape index (κ2) is 17.2. The van der Waals surface area contributed by atoms with Crippen molar-refractivity contribution >= 4 is 35.6 Å². The fraction of sp³-hybridized carbons (Fsp3) is 0.400. The molecule has 0 aliphatic rings. The third-order valence-electron chi connectivity index (χ3n) is 6.10. The van der Waals surface area contributed by atoms with Crippen LogP contribution in [0.4, 0.5) is 0 Å². The van der Waals surface area contributed by atoms with Gasteiger partial charge in [0, 0.05) is 13.3 Å². The van der Waals surface area contributed by atoms with Gasteiger partial charge in [0.1, 0.15) is 17.8 Å². The second-order valence-electron chi connectivity index (χ2n) is 10.4. The van der Waals surface area contributed by atoms with Crippen LogP contribution in [-0.4, -0.2) is 71.9 Å². The number of hydrogen-bond acceptors (Lipinski definition) is 8. The first-order valence-electron chi connectivity index (χ1n) is 13.8. The Labute approximate surface area is 249 Å². The molecule has 0 fully saturated rings. The Hall–Kier alpha value is -4.78. The number of aliphatic carboxylic acids is 1. The van der Waals surface area contributed by atoms with Crippen molar-refractivity contribution in [2.75, 3.05) is 13.1 Å². The lowest BCUT2D eigenvalue weighted by atomic mass is 10.0. The summed E-state index contributed by atoms with van der Waals surface area (Å²) in [6, 6.07) is 12.2. The molecule has 0 radical (unpaired) electrons. The highest BCUT2D eigenvalue weighted by molar-refractivity contribution is 5.93. The van der Waals surface area contributed by atoms with Crippen LogP contribution in [-0.2, 0) is 41.6 Å². The molecule has 0 heterocycles. The molecule has 0 aliphatic carbocycles. The molecule has 0 aliphatic heterocycles. The fourth-order valence-corrected chi connectivity index (χ4v) is 4.02. The molecule has 7 N–H and O–H groups in total. The Bertz CT molecular complexity index is 1270. The van der Waals surface area contributed by atoms with Gasteiger partial charge in [0.25, 0.3) is 0 Å². The summed E-state index contributed by atoms with van der Waals surface area (Å²) < 4.78 is 4.96. The van der Waals surface area contributed by atoms with Crippen molar-refractivity contribution in [3.8, 4) is 5.75 Å². The maximum Gasteiger partial charge on any atom is 0.326 e. The van der Waals surface area contributed by atoms with E-state index in [1.54, 1.807) is 54.6 Å². The van der Waals surface area contributed by atoms with Gasteiger partial charge in [-0.05, 0) is 42.0 Å². The third kappa shape index (κ3) is 13.2. The van der Waals surface area contributed by atoms with E-state index in [9.17, 15) is 33.9 Å². The number of nitrogens with two attached hydrogens (primary N) is 1. The molecule has 4 amide bonds. The second-order valence-corrected chi connectivity index (χ2v) is 10.4. The van der Waals surface area contributed by atoms with Crippen LogP contribution in [0.5, 0.6) is 5.75 Å². The van der Waals surface area contributed by atoms with Crippen molar-refractivity contribution in [3.05, 3.63) is 65.7 Å². The van der Waals surface area contributed by atoms with Crippen LogP contribution >= 0.6 is 0 Å². The summed E-state index contributed by atoms with van der Waals surface area (Å²) in [4.78, 5) is 72.9. The van der Waals surface area contributed by atoms with Crippen LogP contribution in [0.15, 0.2) is 54.6 Å². The molecule has 3 atom stereocenters. The van der Waals surface area contributed by atoms with E-state index in [1.165, 1.54) is 6.92 Å². The first-order valence-corrected chi connectivity index (χ1v) is 13.8. The molecule has 0 saturated heterocycles. The molecule has 0 aromatic heterocycles. The number of amides is 4. The number of ether oxygens (including phenoxy) is 1. The van der Waals surface area contributed by atoms with E-state index in [4.69, 9.17) is 10.5 Å². The minimum absolute atomic E-state index is 0.00840. The first kappa shape index (κ1) is 34.4. The molecule has 0 bridgehead atoms. The highest BCUT2D eigenvalue weighted by Crippen LogP contribution is 2.13. The normalized spacial score (nSPS) is 12.8. The van der Waals surface area contributed by atoms with Gasteiger partial charge in [-0.3, -0.25) is 24.0 Å². The van der Waals surface area contributed by atoms with E-state index < -0.39 is 66.8 Å². The van der Waals surface area contributed by atoms with Crippen LogP contribution in [0, 0.1) is 5.92 Å². The van der Waals surface area contributed by atoms with E-state index in [0.29, 0.717) is 11.3 Å². The van der Waals surface area contributed by atoms with Crippen molar-refractivity contribution in [1.29, 1.82) is 0 Å². The lowest BCUT2D eigenvalue weighted by Gasteiger charge is -2.22. The number of carboxylic acid groups (broad SMARTS) is 1. The number of carbonyl (C=O) groups is 6. The zero-order chi connectivity index (χ0) is 31.9. The van der Waals surface area contributed by atoms with Gasteiger partial charge in [-0.1, -0.05) is 56.3 Å². The Kier molecular flexibility index (Phi) is 13.8. The topological polar surface area (TPSA) is 206 Å². The summed E-state index contributed by atoms with van der Waals surface area (Å²) in [6.07, 6.45) is 0.475. The van der Waals surface area contributed by atoms with Gasteiger partial charge in [0.15, 0.2) is 0 Å². The number of carbonyl (C=O) groups excluding carboxylic acids is 5. The minimum Gasteiger partial charge on any atom is -0.480 e. The Morgan fingerprint density at radius 3 is 1.95 bits per heavy atom. The lowest BCUT2D eigenvalue weighted by Crippen LogP contribution is -2.54. The molecule has 2 rings (SSSR count). The van der Waals surface area contributed by atoms with E-state index in [2.05, 4.69) is 21.3 Å². The largest absolute Gasteiger partial charge is 0.480 e. The molecule has 0 saturated carbocycles. The summed E-state index contributed by atoms with van der Waals surface area (Å²) in [6.45, 7) is 4.02. The van der Waals surface area contributed by atoms with E-state index in [-0.39, 0.29) is 25.2 Å². The SMILES string of the molecule is CC(=O)Oc1ccc(C[C@H](N)C(=O)NCC(=O)NCC(=O)N[C@@H](Cc2ccccc2)C(=O)N[C@@H](CC(C)C)C(=O)O)cc1. The van der Waals surface area contributed by atoms with Crippen LogP contribution in [0.25, 0.3) is 0 Å². The van der Waals surface area contributed by atoms with Gasteiger partial charge in [-0.25, -0.2) is 4.79 Å². The summed E-state index contributed by atoms with van der Waals surface area (Å²) in [5.74, 6) is -3.86. The Morgan fingerprint density at radius 2 is 1.37 bits per heavy atom. The van der Waals surface area contributed by atoms with Crippen molar-refractivity contribution in [2.24, 2.45) is 11.7 Å². The van der Waals surface area contributed by atoms with Gasteiger partial charge in [0.05, 0.1) is 19.1 Å². The standard InChI is InChI=1S/C30H39N5O8/c1-18(2)13-25(30(41)42)35-29(40)24(15-20-7-5-4-6-8-20)34-27(38)17-32-26(37)16-33-28(39)23(31)14-21-9-11-22(12-10-21)43-19(3)36/h4-12,18,23-25H,13-17,31H2,1-3H3,(H,32,37)(H,33,39)(H,34,38)(H,35,40)(H,41,42)/t23-,24-,25-/m0/s1. The number of rotatable bonds is 16. The summed E-state index contributed by atoms with van der Waals surface area (Å²) >= 11 is 0. The summed E-state index contributed by atoms with van der Waals surface area (Å²) in [5.41, 5.74) is 7.39. The van der Waals surface area contributed by atoms with E-state index >= 15 is 0 Å². The molecule has 0 spiro atoms. The lowest BCUT2D eigenvalue weighted by molar-refractivity contribution is -0.142. The zero-order valence-corrected chi connectivity index (χ0v) is 24.4. The first-order chi connectivity index (χ1) is 20.3. The highest BCUT2D eigenvalue weighted by atomic mass is 16.5. The average molecular weight is 598 g/mol. The predicted octanol–water partition coefficient (Wildman–Crippen LogP) is 0.0571. The zero-order valence-electron chi connectivity index (χ0n) is 24.4. The van der Waals surface area contributed by atoms with Crippen LogP contribution in [0.2, 0.25) is 0 Å². The molecular weight excluding hydrogens is 558 g/mol. The van der Waals surface area contributed by atoms with Gasteiger partial charge >= 0.3 is 11.9 Å². The molecule has 2 aromatic rings. The monoisotopic (exact) mass is 597 g/mol. The number of benzene rings is 2. The molecule has 232 valence electrons. The van der Waals surface area contributed by atoms with Crippen molar-refractivity contribution in [1.82, 2.24) is 21.3 Å². The number of hydrogen-bond donors (Lipinski definition) is 6. The van der Waals surface area contributed by atoms with Crippen LogP contribution < -0.4 is 31.7 Å². The smallest absolute Gasteiger partial charge is 0.326 e. The van der Waals surface area contributed by atoms with Crippen LogP contribution in [0.1, 0.15) is 38.3 Å². The minimum atomic E-state index is -1.18. The average Bonchev–Trinajstić information content (AvgIpc) is 2.95. The maximum atomic E-state index is 13.0. The molecular formula is C30H39N5O8. The molecule has 0 unspecified atom stereocenters. The maximum absolute atomic E-state index is 13.0. The molecule has 13 nitrogen and oxygen atoms in total. The van der Waals surface area contributed by atoms with Crippen molar-refractivity contribution in [2.45, 2.75) is 58.2 Å². The molecule has 43 heavy (non-hydrogen) atoms. The van der Waals surface area contributed by atoms with E-state index in [1.807, 2.05) is 13.8 Å². The third-order valence-corrected chi connectivity index (χ3v) is 6.10.